The summed E-state index contributed by atoms with van der Waals surface area (Å²) in [5.41, 5.74) is 0.0593. The van der Waals surface area contributed by atoms with Crippen LogP contribution in [0.1, 0.15) is 96.3 Å². The van der Waals surface area contributed by atoms with Crippen molar-refractivity contribution in [2.75, 3.05) is 6.54 Å². The van der Waals surface area contributed by atoms with Gasteiger partial charge >= 0.3 is 12.1 Å². The highest BCUT2D eigenvalue weighted by molar-refractivity contribution is 7.91. The molecule has 1 unspecified atom stereocenters. The first kappa shape index (κ1) is 38.3. The highest BCUT2D eigenvalue weighted by Gasteiger charge is 2.62. The van der Waals surface area contributed by atoms with E-state index in [1.807, 2.05) is 32.0 Å². The van der Waals surface area contributed by atoms with Gasteiger partial charge in [0.05, 0.1) is 18.3 Å². The van der Waals surface area contributed by atoms with Crippen LogP contribution >= 0.6 is 0 Å². The van der Waals surface area contributed by atoms with E-state index in [4.69, 9.17) is 4.74 Å². The maximum absolute atomic E-state index is 14.5. The van der Waals surface area contributed by atoms with Crippen molar-refractivity contribution in [2.24, 2.45) is 11.3 Å². The summed E-state index contributed by atoms with van der Waals surface area (Å²) in [5, 5.41) is 7.97. The highest BCUT2D eigenvalue weighted by Crippen LogP contribution is 2.45. The van der Waals surface area contributed by atoms with Gasteiger partial charge in [-0.15, -0.1) is 6.58 Å². The summed E-state index contributed by atoms with van der Waals surface area (Å²) in [6, 6.07) is 3.10. The third kappa shape index (κ3) is 8.24. The number of hydrogen-bond acceptors (Lipinski definition) is 8. The predicted molar refractivity (Wildman–Crippen MR) is 197 cm³/mol. The Bertz CT molecular complexity index is 1830. The third-order valence-electron chi connectivity index (χ3n) is 11.0. The Morgan fingerprint density at radius 2 is 1.85 bits per heavy atom. The molecule has 53 heavy (non-hydrogen) atoms. The molecule has 3 heterocycles. The number of carbonyl (C=O) groups excluding carboxylic acids is 5. The van der Waals surface area contributed by atoms with Gasteiger partial charge in [0, 0.05) is 24.4 Å². The van der Waals surface area contributed by atoms with Gasteiger partial charge in [0.15, 0.2) is 0 Å². The van der Waals surface area contributed by atoms with Gasteiger partial charge in [-0.05, 0) is 74.5 Å². The summed E-state index contributed by atoms with van der Waals surface area (Å²) in [6.07, 6.45) is 7.35. The van der Waals surface area contributed by atoms with Crippen molar-refractivity contribution < 1.29 is 37.1 Å². The lowest BCUT2D eigenvalue weighted by Crippen LogP contribution is -2.62. The Hall–Kier alpha value is -4.40. The van der Waals surface area contributed by atoms with Crippen molar-refractivity contribution in [3.63, 3.8) is 0 Å². The second-order valence-electron chi connectivity index (χ2n) is 16.8. The molecule has 1 saturated heterocycles. The molecule has 2 aliphatic carbocycles. The molecule has 15 heteroatoms. The number of rotatable bonds is 6. The van der Waals surface area contributed by atoms with Crippen LogP contribution < -0.4 is 20.7 Å². The van der Waals surface area contributed by atoms with Crippen LogP contribution in [-0.2, 0) is 42.2 Å². The minimum absolute atomic E-state index is 0.0784. The fourth-order valence-electron chi connectivity index (χ4n) is 7.57. The predicted octanol–water partition coefficient (Wildman–Crippen LogP) is 3.47. The molecule has 14 nitrogen and oxygen atoms in total. The number of hydrogen-bond donors (Lipinski definition) is 4. The van der Waals surface area contributed by atoms with Gasteiger partial charge in [-0.3, -0.25) is 24.0 Å². The summed E-state index contributed by atoms with van der Waals surface area (Å²) in [6.45, 7) is 13.5. The molecule has 6 rings (SSSR count). The van der Waals surface area contributed by atoms with E-state index in [1.165, 1.54) is 11.0 Å². The maximum Gasteiger partial charge on any atom is 0.410 e. The number of benzene rings is 1. The van der Waals surface area contributed by atoms with Crippen LogP contribution in [0.25, 0.3) is 6.08 Å². The molecule has 0 spiro atoms. The zero-order valence-corrected chi connectivity index (χ0v) is 32.0. The second-order valence-corrected chi connectivity index (χ2v) is 18.8. The van der Waals surface area contributed by atoms with Gasteiger partial charge in [0.25, 0.3) is 5.91 Å². The molecule has 0 radical (unpaired) electrons. The summed E-state index contributed by atoms with van der Waals surface area (Å²) in [4.78, 5) is 72.2. The van der Waals surface area contributed by atoms with Crippen molar-refractivity contribution in [3.05, 3.63) is 53.6 Å². The van der Waals surface area contributed by atoms with E-state index in [0.717, 1.165) is 29.5 Å². The van der Waals surface area contributed by atoms with Gasteiger partial charge in [0.2, 0.25) is 21.8 Å². The first-order chi connectivity index (χ1) is 24.8. The van der Waals surface area contributed by atoms with Gasteiger partial charge in [-0.25, -0.2) is 18.0 Å². The van der Waals surface area contributed by atoms with Crippen LogP contribution in [0.2, 0.25) is 0 Å². The minimum Gasteiger partial charge on any atom is -0.444 e. The Kier molecular flexibility index (Phi) is 10.2. The van der Waals surface area contributed by atoms with Crippen LogP contribution in [0.3, 0.4) is 0 Å². The van der Waals surface area contributed by atoms with Crippen molar-refractivity contribution in [1.82, 2.24) is 30.5 Å². The number of urea groups is 1. The fraction of sp³-hybridized carbons (Fsp3) is 0.605. The second kappa shape index (κ2) is 14.1. The Morgan fingerprint density at radius 1 is 1.11 bits per heavy atom. The number of nitrogens with one attached hydrogen (secondary N) is 4. The summed E-state index contributed by atoms with van der Waals surface area (Å²) >= 11 is 0. The number of carbonyl (C=O) groups is 5. The van der Waals surface area contributed by atoms with E-state index in [9.17, 15) is 32.4 Å². The fourth-order valence-corrected chi connectivity index (χ4v) is 8.93. The maximum atomic E-state index is 14.5. The van der Waals surface area contributed by atoms with Gasteiger partial charge in [-0.1, -0.05) is 57.2 Å². The topological polar surface area (TPSA) is 183 Å². The standard InChI is InChI=1S/C38H52N6O8S/c1-7-25-19-38(25,33(47)42-53(50,51)27-15-16-27)40-31(45)29-18-26-21-44(29)32(46)30(36(2,3)4)39-34(48)41-37(5,6)17-10-8-9-12-23-13-11-14-24-20-43(22-28(23)24)35(49)52-26/h7,9,11-14,25-27,29-30H,1,8,10,15-22H2,2-6H3,(H,40,45)(H,42,47)(H2,39,41,48)/b12-9-/t25-,26?,29+,30-,38-/m1/s1. The Morgan fingerprint density at radius 3 is 2.51 bits per heavy atom. The molecule has 6 amide bonds. The number of amides is 6. The molecular formula is C38H52N6O8S. The van der Waals surface area contributed by atoms with Gasteiger partial charge in [0.1, 0.15) is 23.7 Å². The van der Waals surface area contributed by atoms with Crippen LogP contribution in [0, 0.1) is 11.3 Å². The van der Waals surface area contributed by atoms with Crippen molar-refractivity contribution >= 4 is 45.9 Å². The van der Waals surface area contributed by atoms with Gasteiger partial charge < -0.3 is 25.6 Å². The van der Waals surface area contributed by atoms with E-state index < -0.39 is 85.7 Å². The lowest BCUT2D eigenvalue weighted by Gasteiger charge is -2.36. The lowest BCUT2D eigenvalue weighted by molar-refractivity contribution is -0.142. The third-order valence-corrected chi connectivity index (χ3v) is 12.8. The van der Waals surface area contributed by atoms with Crippen LogP contribution in [-0.4, -0.2) is 89.1 Å². The molecule has 1 aromatic rings. The van der Waals surface area contributed by atoms with Crippen molar-refractivity contribution in [1.29, 1.82) is 0 Å². The number of fused-ring (bicyclic) bond motifs is 3. The summed E-state index contributed by atoms with van der Waals surface area (Å²) < 4.78 is 33.5. The summed E-state index contributed by atoms with van der Waals surface area (Å²) in [5.74, 6) is -2.67. The number of sulfonamides is 1. The monoisotopic (exact) mass is 752 g/mol. The SMILES string of the molecule is C=C[C@@H]1C[C@]1(NC(=O)[C@@H]1CC2CN1C(=O)[C@H](C(C)(C)C)NC(=O)NC(C)(C)CCC/C=C\c1cccc3c1CN(C3)C(=O)O2)C(=O)NS(=O)(=O)C1CC1. The smallest absolute Gasteiger partial charge is 0.410 e. The van der Waals surface area contributed by atoms with Crippen molar-refractivity contribution in [3.8, 4) is 0 Å². The van der Waals surface area contributed by atoms with Crippen molar-refractivity contribution in [2.45, 2.75) is 127 Å². The number of ether oxygens (including phenoxy) is 1. The molecule has 5 atom stereocenters. The van der Waals surface area contributed by atoms with E-state index in [2.05, 4.69) is 39.4 Å². The first-order valence-corrected chi connectivity index (χ1v) is 20.0. The molecule has 3 aliphatic heterocycles. The highest BCUT2D eigenvalue weighted by atomic mass is 32.2. The molecule has 5 aliphatic rings. The Balaban J connectivity index is 1.29. The average molecular weight is 753 g/mol. The number of nitrogens with zero attached hydrogens (tertiary/aromatic N) is 2. The molecular weight excluding hydrogens is 701 g/mol. The van der Waals surface area contributed by atoms with E-state index in [-0.39, 0.29) is 19.4 Å². The normalized spacial score (nSPS) is 29.6. The quantitative estimate of drug-likeness (QED) is 0.319. The van der Waals surface area contributed by atoms with E-state index in [0.29, 0.717) is 32.4 Å². The Labute approximate surface area is 311 Å². The summed E-state index contributed by atoms with van der Waals surface area (Å²) in [7, 11) is -3.91. The minimum atomic E-state index is -3.91. The molecule has 288 valence electrons. The van der Waals surface area contributed by atoms with Crippen LogP contribution in [0.5, 0.6) is 0 Å². The average Bonchev–Trinajstić information content (AvgIpc) is 3.96. The largest absolute Gasteiger partial charge is 0.444 e. The zero-order valence-electron chi connectivity index (χ0n) is 31.2. The first-order valence-electron chi connectivity index (χ1n) is 18.5. The molecule has 0 aromatic heterocycles. The van der Waals surface area contributed by atoms with Crippen LogP contribution in [0.4, 0.5) is 9.59 Å². The number of allylic oxidation sites excluding steroid dienone is 1. The van der Waals surface area contributed by atoms with E-state index >= 15 is 0 Å². The molecule has 4 N–H and O–H groups in total. The molecule has 1 aromatic carbocycles. The van der Waals surface area contributed by atoms with E-state index in [1.54, 1.807) is 25.7 Å². The molecule has 3 fully saturated rings. The van der Waals surface area contributed by atoms with Gasteiger partial charge in [-0.2, -0.15) is 0 Å². The zero-order chi connectivity index (χ0) is 38.5. The molecule has 4 bridgehead atoms. The molecule has 2 saturated carbocycles. The van der Waals surface area contributed by atoms with Crippen LogP contribution in [0.15, 0.2) is 36.9 Å². The lowest BCUT2D eigenvalue weighted by atomic mass is 9.85.